The maximum atomic E-state index is 14.0. The van der Waals surface area contributed by atoms with Crippen molar-refractivity contribution < 1.29 is 10.6 Å². The highest BCUT2D eigenvalue weighted by molar-refractivity contribution is 5.94. The normalized spacial score (nSPS) is 10.1. The molecule has 1 amide bonds. The number of benzene rings is 1. The Morgan fingerprint density at radius 2 is 2.08 bits per heavy atom. The Bertz CT molecular complexity index is 722. The number of amides is 1. The number of carbonyl (C=O) groups excluding carboxylic acids is 1. The van der Waals surface area contributed by atoms with Crippen LogP contribution in [0.4, 0.5) is 16.0 Å². The summed E-state index contributed by atoms with van der Waals surface area (Å²) in [6, 6.07) is 6.99. The van der Waals surface area contributed by atoms with Gasteiger partial charge >= 0.3 is 0 Å². The first kappa shape index (κ1) is 19.3. The van der Waals surface area contributed by atoms with Crippen LogP contribution in [0.5, 0.6) is 0 Å². The molecule has 1 heterocycles. The van der Waals surface area contributed by atoms with Crippen molar-refractivity contribution in [3.63, 3.8) is 0 Å². The third-order valence-corrected chi connectivity index (χ3v) is 3.00. The van der Waals surface area contributed by atoms with Gasteiger partial charge in [-0.3, -0.25) is 9.69 Å². The highest BCUT2D eigenvalue weighted by Crippen LogP contribution is 2.26. The molecule has 0 radical (unpaired) electrons. The molecule has 1 N–H and O–H groups in total. The van der Waals surface area contributed by atoms with E-state index in [-0.39, 0.29) is 13.0 Å². The van der Waals surface area contributed by atoms with Crippen LogP contribution in [-0.4, -0.2) is 22.9 Å². The van der Waals surface area contributed by atoms with Crippen molar-refractivity contribution in [1.29, 1.82) is 0 Å². The summed E-state index contributed by atoms with van der Waals surface area (Å²) in [5.74, 6) is -0.315. The number of hydrogen-bond donors (Lipinski definition) is 1. The van der Waals surface area contributed by atoms with Crippen molar-refractivity contribution in [3.05, 3.63) is 48.6 Å². The maximum absolute atomic E-state index is 14.0. The fourth-order valence-corrected chi connectivity index (χ4v) is 2.01. The molecule has 1 aromatic heterocycles. The molecular formula is C18H25FN4O. The summed E-state index contributed by atoms with van der Waals surface area (Å²) < 4.78 is 14.0. The lowest BCUT2D eigenvalue weighted by Crippen LogP contribution is -2.21. The number of halogens is 1. The Kier molecular flexibility index (Phi) is 7.55. The Labute approximate surface area is 143 Å². The molecule has 0 aliphatic carbocycles. The zero-order valence-corrected chi connectivity index (χ0v) is 14.7. The van der Waals surface area contributed by atoms with Gasteiger partial charge in [-0.1, -0.05) is 32.1 Å². The number of nitrogens with zero attached hydrogens (tertiary/aromatic N) is 3. The summed E-state index contributed by atoms with van der Waals surface area (Å²) in [5.41, 5.74) is 1.40. The van der Waals surface area contributed by atoms with Crippen molar-refractivity contribution >= 4 is 17.5 Å². The summed E-state index contributed by atoms with van der Waals surface area (Å²) in [7, 11) is 1.66. The number of hydrogen-bond acceptors (Lipinski definition) is 4. The van der Waals surface area contributed by atoms with Crippen molar-refractivity contribution in [2.24, 2.45) is 0 Å². The highest BCUT2D eigenvalue weighted by Gasteiger charge is 2.13. The Morgan fingerprint density at radius 1 is 1.38 bits per heavy atom. The van der Waals surface area contributed by atoms with Crippen LogP contribution in [0.1, 0.15) is 29.1 Å². The molecule has 1 aromatic carbocycles. The molecule has 0 bridgehead atoms. The summed E-state index contributed by atoms with van der Waals surface area (Å²) in [6.45, 7) is 7.29. The number of carbonyl (C=O) groups is 1. The number of anilines is 2. The topological polar surface area (TPSA) is 58.1 Å². The van der Waals surface area contributed by atoms with Crippen molar-refractivity contribution in [1.82, 2.24) is 9.97 Å². The highest BCUT2D eigenvalue weighted by atomic mass is 19.1. The van der Waals surface area contributed by atoms with Gasteiger partial charge in [-0.05, 0) is 19.1 Å². The molecular weight excluding hydrogens is 307 g/mol. The monoisotopic (exact) mass is 332 g/mol. The van der Waals surface area contributed by atoms with Gasteiger partial charge in [0.25, 0.3) is 0 Å². The molecule has 0 saturated heterocycles. The van der Waals surface area contributed by atoms with Crippen LogP contribution in [-0.2, 0) is 4.79 Å². The predicted octanol–water partition coefficient (Wildman–Crippen LogP) is 4.48. The second-order valence-corrected chi connectivity index (χ2v) is 4.56. The largest absolute Gasteiger partial charge is 0.357 e. The molecule has 2 rings (SSSR count). The zero-order chi connectivity index (χ0) is 18.1. The number of allylic oxidation sites excluding steroid dienone is 1. The van der Waals surface area contributed by atoms with Crippen LogP contribution in [0.3, 0.4) is 0 Å². The summed E-state index contributed by atoms with van der Waals surface area (Å²) in [5, 5.41) is 2.78. The summed E-state index contributed by atoms with van der Waals surface area (Å²) >= 11 is 0. The van der Waals surface area contributed by atoms with E-state index in [1.54, 1.807) is 43.6 Å². The van der Waals surface area contributed by atoms with Crippen LogP contribution in [0.15, 0.2) is 42.7 Å². The third kappa shape index (κ3) is 4.62. The van der Waals surface area contributed by atoms with Crippen LogP contribution >= 0.6 is 0 Å². The first-order valence-electron chi connectivity index (χ1n) is 7.80. The van der Waals surface area contributed by atoms with Crippen LogP contribution in [0.2, 0.25) is 0 Å². The molecule has 0 fully saturated rings. The Balaban J connectivity index is 0.00000185. The van der Waals surface area contributed by atoms with Crippen LogP contribution in [0.25, 0.3) is 11.3 Å². The summed E-state index contributed by atoms with van der Waals surface area (Å²) in [6.07, 6.45) is 4.55. The molecule has 0 spiro atoms. The van der Waals surface area contributed by atoms with E-state index in [4.69, 9.17) is 0 Å². The molecule has 0 unspecified atom stereocenters. The summed E-state index contributed by atoms with van der Waals surface area (Å²) in [4.78, 5) is 21.2. The van der Waals surface area contributed by atoms with Gasteiger partial charge in [0.1, 0.15) is 5.69 Å². The fourth-order valence-electron chi connectivity index (χ4n) is 2.01. The Morgan fingerprint density at radius 3 is 2.67 bits per heavy atom. The average Bonchev–Trinajstić information content (AvgIpc) is 2.61. The Hall–Kier alpha value is -2.76. The van der Waals surface area contributed by atoms with Gasteiger partial charge in [-0.25, -0.2) is 14.4 Å². The van der Waals surface area contributed by atoms with Gasteiger partial charge in [0.05, 0.1) is 6.20 Å². The first-order chi connectivity index (χ1) is 11.6. The molecule has 5 nitrogen and oxygen atoms in total. The standard InChI is InChI=1S/C16H17FN4O.C2H6.H2/c1-4-8-21(11(2)22)13-7-5-6-12(9-13)15-14(17)10-19-16(18-3)20-15;1-2;/h4-10H,1-3H3,(H,18,19,20);1-2H3;1H/b8-4-;;. The van der Waals surface area contributed by atoms with Gasteiger partial charge in [0, 0.05) is 32.8 Å². The third-order valence-electron chi connectivity index (χ3n) is 3.00. The molecule has 0 aliphatic rings. The van der Waals surface area contributed by atoms with Crippen LogP contribution in [0, 0.1) is 5.82 Å². The molecule has 0 saturated carbocycles. The lowest BCUT2D eigenvalue weighted by atomic mass is 10.1. The second-order valence-electron chi connectivity index (χ2n) is 4.56. The van der Waals surface area contributed by atoms with E-state index in [2.05, 4.69) is 15.3 Å². The maximum Gasteiger partial charge on any atom is 0.227 e. The number of rotatable bonds is 4. The quantitative estimate of drug-likeness (QED) is 0.896. The van der Waals surface area contributed by atoms with Gasteiger partial charge < -0.3 is 5.32 Å². The van der Waals surface area contributed by atoms with Gasteiger partial charge in [-0.15, -0.1) is 0 Å². The minimum atomic E-state index is -0.517. The average molecular weight is 332 g/mol. The van der Waals surface area contributed by atoms with E-state index in [1.807, 2.05) is 20.8 Å². The van der Waals surface area contributed by atoms with Crippen molar-refractivity contribution in [2.75, 3.05) is 17.3 Å². The van der Waals surface area contributed by atoms with E-state index < -0.39 is 5.82 Å². The molecule has 130 valence electrons. The van der Waals surface area contributed by atoms with Crippen LogP contribution < -0.4 is 10.2 Å². The minimum absolute atomic E-state index is 0. The van der Waals surface area contributed by atoms with Crippen molar-refractivity contribution in [3.8, 4) is 11.3 Å². The van der Waals surface area contributed by atoms with Gasteiger partial charge in [-0.2, -0.15) is 0 Å². The molecule has 24 heavy (non-hydrogen) atoms. The van der Waals surface area contributed by atoms with E-state index in [1.165, 1.54) is 11.8 Å². The predicted molar refractivity (Wildman–Crippen MR) is 98.4 cm³/mol. The SMILES string of the molecule is C/C=C\N(C(C)=O)c1cccc(-c2nc(NC)ncc2F)c1.CC.[HH]. The van der Waals surface area contributed by atoms with E-state index in [0.717, 1.165) is 6.20 Å². The second kappa shape index (κ2) is 9.39. The zero-order valence-electron chi connectivity index (χ0n) is 14.7. The van der Waals surface area contributed by atoms with Gasteiger partial charge in [0.15, 0.2) is 5.82 Å². The fraction of sp³-hybridized carbons (Fsp3) is 0.278. The van der Waals surface area contributed by atoms with E-state index in [0.29, 0.717) is 17.2 Å². The van der Waals surface area contributed by atoms with Gasteiger partial charge in [0.2, 0.25) is 11.9 Å². The first-order valence-corrected chi connectivity index (χ1v) is 7.80. The smallest absolute Gasteiger partial charge is 0.227 e. The lowest BCUT2D eigenvalue weighted by Gasteiger charge is -2.17. The van der Waals surface area contributed by atoms with E-state index in [9.17, 15) is 9.18 Å². The minimum Gasteiger partial charge on any atom is -0.357 e. The van der Waals surface area contributed by atoms with Crippen molar-refractivity contribution in [2.45, 2.75) is 27.7 Å². The molecule has 6 heteroatoms. The molecule has 0 atom stereocenters. The number of nitrogens with one attached hydrogen (secondary N) is 1. The molecule has 2 aromatic rings. The van der Waals surface area contributed by atoms with E-state index >= 15 is 0 Å². The lowest BCUT2D eigenvalue weighted by molar-refractivity contribution is -0.116. The molecule has 0 aliphatic heterocycles. The number of aromatic nitrogens is 2.